The number of rotatable bonds is 6. The quantitative estimate of drug-likeness (QED) is 0.475. The molecule has 0 unspecified atom stereocenters. The summed E-state index contributed by atoms with van der Waals surface area (Å²) in [5.41, 5.74) is 0.404. The predicted octanol–water partition coefficient (Wildman–Crippen LogP) is 2.18. The van der Waals surface area contributed by atoms with E-state index in [2.05, 4.69) is 5.32 Å². The van der Waals surface area contributed by atoms with Gasteiger partial charge in [-0.2, -0.15) is 0 Å². The minimum absolute atomic E-state index is 0.0157. The van der Waals surface area contributed by atoms with Crippen molar-refractivity contribution in [3.05, 3.63) is 33.9 Å². The van der Waals surface area contributed by atoms with Crippen molar-refractivity contribution in [3.63, 3.8) is 0 Å². The van der Waals surface area contributed by atoms with E-state index >= 15 is 0 Å². The molecule has 0 radical (unpaired) electrons. The summed E-state index contributed by atoms with van der Waals surface area (Å²) in [5.74, 6) is 0.157. The number of nitrogens with one attached hydrogen (secondary N) is 1. The third kappa shape index (κ3) is 5.21. The van der Waals surface area contributed by atoms with Crippen molar-refractivity contribution in [2.75, 3.05) is 19.6 Å². The Morgan fingerprint density at radius 2 is 1.96 bits per heavy atom. The molecule has 0 atom stereocenters. The molecule has 0 aromatic heterocycles. The van der Waals surface area contributed by atoms with Gasteiger partial charge in [0.15, 0.2) is 0 Å². The van der Waals surface area contributed by atoms with Crippen LogP contribution in [0.4, 0.5) is 5.69 Å². The molecule has 2 rings (SSSR count). The molecule has 1 fully saturated rings. The van der Waals surface area contributed by atoms with E-state index in [9.17, 15) is 20.0 Å². The third-order valence-electron chi connectivity index (χ3n) is 4.06. The Bertz CT molecular complexity index is 554. The second kappa shape index (κ2) is 8.47. The number of nitrogens with zero attached hydrogens (tertiary/aromatic N) is 2. The smallest absolute Gasteiger partial charge is 0.270 e. The van der Waals surface area contributed by atoms with Crippen LogP contribution in [-0.2, 0) is 11.3 Å². The van der Waals surface area contributed by atoms with Crippen LogP contribution >= 0.6 is 0 Å². The van der Waals surface area contributed by atoms with Crippen molar-refractivity contribution in [2.45, 2.75) is 38.6 Å². The summed E-state index contributed by atoms with van der Waals surface area (Å²) in [7, 11) is 0. The summed E-state index contributed by atoms with van der Waals surface area (Å²) in [6.07, 6.45) is 4.92. The van der Waals surface area contributed by atoms with Crippen LogP contribution in [0.25, 0.3) is 0 Å². The van der Waals surface area contributed by atoms with Crippen molar-refractivity contribution in [1.29, 1.82) is 0 Å². The first-order valence-electron chi connectivity index (χ1n) is 8.02. The molecule has 23 heavy (non-hydrogen) atoms. The largest absolute Gasteiger partial charge is 0.508 e. The van der Waals surface area contributed by atoms with Gasteiger partial charge in [-0.15, -0.1) is 0 Å². The number of likely N-dealkylation sites (tertiary alicyclic amines) is 1. The van der Waals surface area contributed by atoms with Crippen LogP contribution in [-0.4, -0.2) is 40.5 Å². The van der Waals surface area contributed by atoms with E-state index < -0.39 is 4.92 Å². The lowest BCUT2D eigenvalue weighted by molar-refractivity contribution is -0.384. The minimum atomic E-state index is -0.494. The molecule has 126 valence electrons. The molecule has 1 amide bonds. The lowest BCUT2D eigenvalue weighted by Crippen LogP contribution is -2.33. The van der Waals surface area contributed by atoms with Crippen LogP contribution in [0.2, 0.25) is 0 Å². The molecule has 1 saturated heterocycles. The molecule has 1 heterocycles. The monoisotopic (exact) mass is 321 g/mol. The Morgan fingerprint density at radius 3 is 2.61 bits per heavy atom. The lowest BCUT2D eigenvalue weighted by atomic mass is 10.1. The first-order valence-corrected chi connectivity index (χ1v) is 8.02. The van der Waals surface area contributed by atoms with Gasteiger partial charge in [-0.1, -0.05) is 12.8 Å². The number of nitro benzene ring substituents is 1. The van der Waals surface area contributed by atoms with Crippen molar-refractivity contribution >= 4 is 11.6 Å². The van der Waals surface area contributed by atoms with Crippen LogP contribution in [0.15, 0.2) is 18.2 Å². The van der Waals surface area contributed by atoms with Gasteiger partial charge in [-0.3, -0.25) is 14.9 Å². The normalized spacial score (nSPS) is 15.2. The maximum absolute atomic E-state index is 12.1. The number of amides is 1. The second-order valence-electron chi connectivity index (χ2n) is 5.79. The number of phenolic OH excluding ortho intramolecular Hbond substituents is 1. The Balaban J connectivity index is 1.77. The zero-order valence-electron chi connectivity index (χ0n) is 13.2. The highest BCUT2D eigenvalue weighted by molar-refractivity contribution is 5.76. The van der Waals surface area contributed by atoms with E-state index in [1.165, 1.54) is 31.0 Å². The first-order chi connectivity index (χ1) is 11.1. The van der Waals surface area contributed by atoms with Crippen LogP contribution in [0.5, 0.6) is 5.75 Å². The molecule has 1 aromatic carbocycles. The standard InChI is InChI=1S/C16H23N3O4/c20-15-6-5-14(19(22)23)11-13(15)12-17-8-7-16(21)18-9-3-1-2-4-10-18/h5-6,11,17,20H,1-4,7-10,12H2. The molecule has 1 aliphatic rings. The lowest BCUT2D eigenvalue weighted by Gasteiger charge is -2.20. The fourth-order valence-electron chi connectivity index (χ4n) is 2.72. The van der Waals surface area contributed by atoms with Gasteiger partial charge in [0.05, 0.1) is 4.92 Å². The summed E-state index contributed by atoms with van der Waals surface area (Å²) in [4.78, 5) is 24.3. The fraction of sp³-hybridized carbons (Fsp3) is 0.562. The van der Waals surface area contributed by atoms with E-state index in [1.807, 2.05) is 4.90 Å². The zero-order valence-corrected chi connectivity index (χ0v) is 13.2. The summed E-state index contributed by atoms with van der Waals surface area (Å²) in [5, 5.41) is 23.5. The average molecular weight is 321 g/mol. The Morgan fingerprint density at radius 1 is 1.26 bits per heavy atom. The van der Waals surface area contributed by atoms with Crippen LogP contribution in [0.1, 0.15) is 37.7 Å². The van der Waals surface area contributed by atoms with E-state index in [1.54, 1.807) is 0 Å². The molecule has 0 bridgehead atoms. The topological polar surface area (TPSA) is 95.7 Å². The zero-order chi connectivity index (χ0) is 16.7. The third-order valence-corrected chi connectivity index (χ3v) is 4.06. The van der Waals surface area contributed by atoms with E-state index in [4.69, 9.17) is 0 Å². The molecule has 1 aliphatic heterocycles. The Labute approximate surface area is 135 Å². The fourth-order valence-corrected chi connectivity index (χ4v) is 2.72. The number of non-ortho nitro benzene ring substituents is 1. The molecule has 7 nitrogen and oxygen atoms in total. The summed E-state index contributed by atoms with van der Waals surface area (Å²) >= 11 is 0. The highest BCUT2D eigenvalue weighted by Gasteiger charge is 2.15. The SMILES string of the molecule is O=C(CCNCc1cc([N+](=O)[O-])ccc1O)N1CCCCCC1. The van der Waals surface area contributed by atoms with Crippen molar-refractivity contribution < 1.29 is 14.8 Å². The average Bonchev–Trinajstić information content (AvgIpc) is 2.82. The van der Waals surface area contributed by atoms with Crippen molar-refractivity contribution in [2.24, 2.45) is 0 Å². The van der Waals surface area contributed by atoms with Crippen molar-refractivity contribution in [3.8, 4) is 5.75 Å². The van der Waals surface area contributed by atoms with Gasteiger partial charge in [0.2, 0.25) is 5.91 Å². The maximum atomic E-state index is 12.1. The molecule has 1 aromatic rings. The molecule has 0 saturated carbocycles. The van der Waals surface area contributed by atoms with Gasteiger partial charge in [-0.05, 0) is 18.9 Å². The molecule has 2 N–H and O–H groups in total. The van der Waals surface area contributed by atoms with Gasteiger partial charge in [0.25, 0.3) is 5.69 Å². The number of carbonyl (C=O) groups excluding carboxylic acids is 1. The maximum Gasteiger partial charge on any atom is 0.270 e. The number of aromatic hydroxyl groups is 1. The number of nitro groups is 1. The van der Waals surface area contributed by atoms with Gasteiger partial charge in [-0.25, -0.2) is 0 Å². The highest BCUT2D eigenvalue weighted by Crippen LogP contribution is 2.22. The molecule has 0 spiro atoms. The number of phenols is 1. The number of carbonyl (C=O) groups is 1. The number of benzene rings is 1. The van der Waals surface area contributed by atoms with E-state index in [-0.39, 0.29) is 17.3 Å². The first kappa shape index (κ1) is 17.2. The van der Waals surface area contributed by atoms with E-state index in [0.717, 1.165) is 25.9 Å². The molecule has 0 aliphatic carbocycles. The van der Waals surface area contributed by atoms with Crippen LogP contribution in [0.3, 0.4) is 0 Å². The molecular formula is C16H23N3O4. The van der Waals surface area contributed by atoms with Gasteiger partial charge >= 0.3 is 0 Å². The van der Waals surface area contributed by atoms with Crippen LogP contribution < -0.4 is 5.32 Å². The predicted molar refractivity (Wildman–Crippen MR) is 86.1 cm³/mol. The Kier molecular flexibility index (Phi) is 6.34. The minimum Gasteiger partial charge on any atom is -0.508 e. The van der Waals surface area contributed by atoms with Gasteiger partial charge < -0.3 is 15.3 Å². The Hall–Kier alpha value is -2.15. The van der Waals surface area contributed by atoms with Crippen molar-refractivity contribution in [1.82, 2.24) is 10.2 Å². The highest BCUT2D eigenvalue weighted by atomic mass is 16.6. The number of hydrogen-bond donors (Lipinski definition) is 2. The van der Waals surface area contributed by atoms with Gasteiger partial charge in [0.1, 0.15) is 5.75 Å². The van der Waals surface area contributed by atoms with Crippen LogP contribution in [0, 0.1) is 10.1 Å². The molecular weight excluding hydrogens is 298 g/mol. The summed E-state index contributed by atoms with van der Waals surface area (Å²) < 4.78 is 0. The van der Waals surface area contributed by atoms with Gasteiger partial charge in [0, 0.05) is 50.3 Å². The second-order valence-corrected chi connectivity index (χ2v) is 5.79. The van der Waals surface area contributed by atoms with E-state index in [0.29, 0.717) is 25.1 Å². The molecule has 7 heteroatoms. The summed E-state index contributed by atoms with van der Waals surface area (Å²) in [6, 6.07) is 3.93. The number of hydrogen-bond acceptors (Lipinski definition) is 5. The summed E-state index contributed by atoms with van der Waals surface area (Å²) in [6.45, 7) is 2.45.